The first kappa shape index (κ1) is 20.6. The molecule has 0 aliphatic carbocycles. The summed E-state index contributed by atoms with van der Waals surface area (Å²) in [6, 6.07) is 22.9. The summed E-state index contributed by atoms with van der Waals surface area (Å²) in [6.45, 7) is 0. The molecule has 1 amide bonds. The Labute approximate surface area is 177 Å². The Bertz CT molecular complexity index is 991. The van der Waals surface area contributed by atoms with E-state index in [0.717, 1.165) is 10.5 Å². The molecule has 0 unspecified atom stereocenters. The zero-order valence-corrected chi connectivity index (χ0v) is 16.8. The van der Waals surface area contributed by atoms with Crippen LogP contribution in [0.3, 0.4) is 0 Å². The van der Waals surface area contributed by atoms with Crippen molar-refractivity contribution in [3.8, 4) is 5.75 Å². The summed E-state index contributed by atoms with van der Waals surface area (Å²) < 4.78 is 5.32. The van der Waals surface area contributed by atoms with E-state index < -0.39 is 5.97 Å². The second-order valence-corrected chi connectivity index (χ2v) is 7.35. The molecule has 0 spiro atoms. The van der Waals surface area contributed by atoms with E-state index in [1.54, 1.807) is 60.7 Å². The second kappa shape index (κ2) is 10.5. The van der Waals surface area contributed by atoms with Gasteiger partial charge in [0, 0.05) is 9.92 Å². The Kier molecular flexibility index (Phi) is 7.44. The molecule has 7 heteroatoms. The Morgan fingerprint density at radius 2 is 1.66 bits per heavy atom. The molecule has 0 fully saturated rings. The summed E-state index contributed by atoms with van der Waals surface area (Å²) in [7, 11) is 0. The number of rotatable bonds is 7. The molecule has 0 aromatic heterocycles. The number of hydrogen-bond donors (Lipinski definition) is 1. The summed E-state index contributed by atoms with van der Waals surface area (Å²) >= 11 is 7.23. The maximum atomic E-state index is 12.0. The maximum absolute atomic E-state index is 12.0. The number of esters is 1. The number of nitrogens with one attached hydrogen (secondary N) is 1. The molecule has 0 aliphatic rings. The number of carbonyl (C=O) groups excluding carboxylic acids is 2. The van der Waals surface area contributed by atoms with Crippen LogP contribution < -0.4 is 10.2 Å². The van der Waals surface area contributed by atoms with Crippen molar-refractivity contribution in [2.75, 3.05) is 5.75 Å². The van der Waals surface area contributed by atoms with E-state index in [2.05, 4.69) is 10.5 Å². The number of hydrogen-bond acceptors (Lipinski definition) is 5. The first-order chi connectivity index (χ1) is 14.1. The van der Waals surface area contributed by atoms with Crippen molar-refractivity contribution in [3.05, 3.63) is 95.0 Å². The molecule has 0 bridgehead atoms. The van der Waals surface area contributed by atoms with Crippen LogP contribution in [0.2, 0.25) is 5.02 Å². The lowest BCUT2D eigenvalue weighted by atomic mass is 10.2. The summed E-state index contributed by atoms with van der Waals surface area (Å²) in [5.74, 6) is 0.0411. The van der Waals surface area contributed by atoms with E-state index in [0.29, 0.717) is 16.3 Å². The normalized spacial score (nSPS) is 10.7. The lowest BCUT2D eigenvalue weighted by Crippen LogP contribution is -2.19. The van der Waals surface area contributed by atoms with E-state index in [9.17, 15) is 9.59 Å². The average Bonchev–Trinajstić information content (AvgIpc) is 2.75. The Morgan fingerprint density at radius 1 is 0.966 bits per heavy atom. The van der Waals surface area contributed by atoms with Gasteiger partial charge in [0.1, 0.15) is 5.75 Å². The highest BCUT2D eigenvalue weighted by Gasteiger charge is 2.07. The molecular formula is C22H17ClN2O3S. The number of nitrogens with zero attached hydrogens (tertiary/aromatic N) is 1. The molecular weight excluding hydrogens is 408 g/mol. The predicted octanol–water partition coefficient (Wildman–Crippen LogP) is 4.80. The second-order valence-electron chi connectivity index (χ2n) is 5.86. The van der Waals surface area contributed by atoms with Crippen LogP contribution in [-0.2, 0) is 4.79 Å². The third kappa shape index (κ3) is 6.78. The molecule has 0 radical (unpaired) electrons. The molecule has 0 saturated carbocycles. The van der Waals surface area contributed by atoms with Crippen LogP contribution in [0.15, 0.2) is 88.9 Å². The molecule has 3 aromatic rings. The van der Waals surface area contributed by atoms with Gasteiger partial charge in [0.25, 0.3) is 0 Å². The van der Waals surface area contributed by atoms with Crippen LogP contribution in [0.1, 0.15) is 15.9 Å². The Hall–Kier alpha value is -3.09. The lowest BCUT2D eigenvalue weighted by Gasteiger charge is -2.04. The monoisotopic (exact) mass is 424 g/mol. The van der Waals surface area contributed by atoms with Gasteiger partial charge in [-0.2, -0.15) is 5.10 Å². The Balaban J connectivity index is 1.45. The van der Waals surface area contributed by atoms with Gasteiger partial charge in [0.2, 0.25) is 5.91 Å². The fourth-order valence-corrected chi connectivity index (χ4v) is 3.07. The highest BCUT2D eigenvalue weighted by atomic mass is 35.5. The van der Waals surface area contributed by atoms with Crippen LogP contribution in [0.4, 0.5) is 0 Å². The van der Waals surface area contributed by atoms with Gasteiger partial charge in [0.15, 0.2) is 0 Å². The maximum Gasteiger partial charge on any atom is 0.343 e. The summed E-state index contributed by atoms with van der Waals surface area (Å²) in [5, 5.41) is 4.60. The predicted molar refractivity (Wildman–Crippen MR) is 116 cm³/mol. The molecule has 0 heterocycles. The van der Waals surface area contributed by atoms with Crippen molar-refractivity contribution in [3.63, 3.8) is 0 Å². The standard InChI is InChI=1S/C22H17ClN2O3S/c23-18-8-12-20(13-9-18)29-15-21(26)25-24-14-16-6-10-19(11-7-16)28-22(27)17-4-2-1-3-5-17/h1-14H,15H2,(H,25,26). The molecule has 3 aromatic carbocycles. The number of amides is 1. The average molecular weight is 425 g/mol. The van der Waals surface area contributed by atoms with E-state index in [-0.39, 0.29) is 11.7 Å². The van der Waals surface area contributed by atoms with Crippen LogP contribution in [-0.4, -0.2) is 23.8 Å². The summed E-state index contributed by atoms with van der Waals surface area (Å²) in [4.78, 5) is 24.8. The van der Waals surface area contributed by atoms with Gasteiger partial charge in [-0.3, -0.25) is 4.79 Å². The minimum Gasteiger partial charge on any atom is -0.423 e. The number of halogens is 1. The molecule has 0 atom stereocenters. The van der Waals surface area contributed by atoms with Gasteiger partial charge in [-0.25, -0.2) is 10.2 Å². The first-order valence-electron chi connectivity index (χ1n) is 8.68. The first-order valence-corrected chi connectivity index (χ1v) is 10.0. The SMILES string of the molecule is O=C(CSc1ccc(Cl)cc1)NN=Cc1ccc(OC(=O)c2ccccc2)cc1. The summed E-state index contributed by atoms with van der Waals surface area (Å²) in [6.07, 6.45) is 1.52. The van der Waals surface area contributed by atoms with Crippen LogP contribution in [0.25, 0.3) is 0 Å². The van der Waals surface area contributed by atoms with Crippen molar-refractivity contribution in [1.82, 2.24) is 5.43 Å². The fourth-order valence-electron chi connectivity index (χ4n) is 2.25. The van der Waals surface area contributed by atoms with E-state index in [1.807, 2.05) is 18.2 Å². The number of ether oxygens (including phenoxy) is 1. The zero-order chi connectivity index (χ0) is 20.5. The molecule has 29 heavy (non-hydrogen) atoms. The molecule has 0 aliphatic heterocycles. The van der Waals surface area contributed by atoms with Crippen molar-refractivity contribution in [2.45, 2.75) is 4.90 Å². The molecule has 1 N–H and O–H groups in total. The largest absolute Gasteiger partial charge is 0.423 e. The topological polar surface area (TPSA) is 67.8 Å². The number of thioether (sulfide) groups is 1. The number of benzene rings is 3. The minimum atomic E-state index is -0.419. The van der Waals surface area contributed by atoms with Gasteiger partial charge >= 0.3 is 5.97 Å². The molecule has 0 saturated heterocycles. The van der Waals surface area contributed by atoms with Gasteiger partial charge in [0.05, 0.1) is 17.5 Å². The van der Waals surface area contributed by atoms with Crippen molar-refractivity contribution in [2.24, 2.45) is 5.10 Å². The van der Waals surface area contributed by atoms with E-state index in [1.165, 1.54) is 18.0 Å². The fraction of sp³-hybridized carbons (Fsp3) is 0.0455. The van der Waals surface area contributed by atoms with Gasteiger partial charge in [-0.1, -0.05) is 29.8 Å². The number of carbonyl (C=O) groups is 2. The van der Waals surface area contributed by atoms with E-state index in [4.69, 9.17) is 16.3 Å². The van der Waals surface area contributed by atoms with E-state index >= 15 is 0 Å². The molecule has 146 valence electrons. The highest BCUT2D eigenvalue weighted by Crippen LogP contribution is 2.20. The van der Waals surface area contributed by atoms with Crippen LogP contribution in [0, 0.1) is 0 Å². The smallest absolute Gasteiger partial charge is 0.343 e. The van der Waals surface area contributed by atoms with Gasteiger partial charge in [-0.05, 0) is 66.2 Å². The molecule has 5 nitrogen and oxygen atoms in total. The van der Waals surface area contributed by atoms with Crippen molar-refractivity contribution >= 4 is 41.5 Å². The quantitative estimate of drug-likeness (QED) is 0.194. The Morgan fingerprint density at radius 3 is 2.34 bits per heavy atom. The van der Waals surface area contributed by atoms with Crippen LogP contribution in [0.5, 0.6) is 5.75 Å². The van der Waals surface area contributed by atoms with Crippen LogP contribution >= 0.6 is 23.4 Å². The van der Waals surface area contributed by atoms with Gasteiger partial charge in [-0.15, -0.1) is 11.8 Å². The van der Waals surface area contributed by atoms with Gasteiger partial charge < -0.3 is 4.74 Å². The van der Waals surface area contributed by atoms with Crippen molar-refractivity contribution in [1.29, 1.82) is 0 Å². The lowest BCUT2D eigenvalue weighted by molar-refractivity contribution is -0.118. The third-order valence-electron chi connectivity index (χ3n) is 3.69. The summed E-state index contributed by atoms with van der Waals surface area (Å²) in [5.41, 5.74) is 3.72. The molecule has 3 rings (SSSR count). The van der Waals surface area contributed by atoms with Crippen molar-refractivity contribution < 1.29 is 14.3 Å². The third-order valence-corrected chi connectivity index (χ3v) is 4.95. The number of hydrazone groups is 1. The minimum absolute atomic E-state index is 0.213. The zero-order valence-electron chi connectivity index (χ0n) is 15.2. The highest BCUT2D eigenvalue weighted by molar-refractivity contribution is 8.00.